The van der Waals surface area contributed by atoms with Gasteiger partial charge in [-0.25, -0.2) is 4.39 Å². The fourth-order valence-electron chi connectivity index (χ4n) is 1.92. The van der Waals surface area contributed by atoms with Crippen LogP contribution in [0.4, 0.5) is 10.1 Å². The minimum absolute atomic E-state index is 0.0374. The van der Waals surface area contributed by atoms with Gasteiger partial charge in [0.1, 0.15) is 11.6 Å². The molecule has 0 spiro atoms. The molecule has 2 aromatic carbocycles. The fraction of sp³-hybridized carbons (Fsp3) is 0.0667. The van der Waals surface area contributed by atoms with Crippen molar-refractivity contribution in [2.75, 3.05) is 5.73 Å². The van der Waals surface area contributed by atoms with Gasteiger partial charge in [0.05, 0.1) is 5.56 Å². The Balaban J connectivity index is 2.64. The normalized spacial score (nSPS) is 10.3. The molecule has 0 heterocycles. The van der Waals surface area contributed by atoms with E-state index in [1.807, 2.05) is 0 Å². The van der Waals surface area contributed by atoms with Gasteiger partial charge in [0, 0.05) is 16.8 Å². The molecule has 0 amide bonds. The first kappa shape index (κ1) is 13.7. The van der Waals surface area contributed by atoms with Gasteiger partial charge in [-0.15, -0.1) is 0 Å². The smallest absolute Gasteiger partial charge is 0.199 e. The van der Waals surface area contributed by atoms with Crippen LogP contribution < -0.4 is 5.73 Å². The van der Waals surface area contributed by atoms with Crippen LogP contribution in [-0.2, 0) is 0 Å². The number of phenols is 1. The highest BCUT2D eigenvalue weighted by Gasteiger charge is 2.21. The molecule has 0 aliphatic carbocycles. The molecule has 0 saturated carbocycles. The summed E-state index contributed by atoms with van der Waals surface area (Å²) in [6.07, 6.45) is 0.478. The molecule has 4 nitrogen and oxygen atoms in total. The summed E-state index contributed by atoms with van der Waals surface area (Å²) in [5, 5.41) is 9.99. The van der Waals surface area contributed by atoms with Crippen molar-refractivity contribution in [1.29, 1.82) is 0 Å². The molecular weight excluding hydrogens is 261 g/mol. The molecule has 20 heavy (non-hydrogen) atoms. The standard InChI is InChI=1S/C15H12FNO3/c1-8-2-3-9(7-18)13(14(8)19)15(20)11-5-4-10(16)6-12(11)17/h2-7,19H,17H2,1H3. The van der Waals surface area contributed by atoms with Crippen LogP contribution in [0.25, 0.3) is 0 Å². The van der Waals surface area contributed by atoms with Crippen molar-refractivity contribution in [3.8, 4) is 5.75 Å². The van der Waals surface area contributed by atoms with Gasteiger partial charge >= 0.3 is 0 Å². The second kappa shape index (κ2) is 5.13. The largest absolute Gasteiger partial charge is 0.507 e. The van der Waals surface area contributed by atoms with E-state index in [1.54, 1.807) is 6.92 Å². The van der Waals surface area contributed by atoms with E-state index in [9.17, 15) is 19.1 Å². The number of aryl methyl sites for hydroxylation is 1. The lowest BCUT2D eigenvalue weighted by Gasteiger charge is -2.10. The van der Waals surface area contributed by atoms with Crippen molar-refractivity contribution in [2.45, 2.75) is 6.92 Å². The number of rotatable bonds is 3. The summed E-state index contributed by atoms with van der Waals surface area (Å²) in [6.45, 7) is 1.61. The van der Waals surface area contributed by atoms with Crippen LogP contribution >= 0.6 is 0 Å². The van der Waals surface area contributed by atoms with Gasteiger partial charge in [-0.05, 0) is 30.7 Å². The van der Waals surface area contributed by atoms with E-state index in [0.717, 1.165) is 12.1 Å². The third-order valence-electron chi connectivity index (χ3n) is 3.02. The van der Waals surface area contributed by atoms with E-state index in [0.29, 0.717) is 11.8 Å². The van der Waals surface area contributed by atoms with Gasteiger partial charge in [-0.3, -0.25) is 9.59 Å². The van der Waals surface area contributed by atoms with Crippen molar-refractivity contribution in [1.82, 2.24) is 0 Å². The van der Waals surface area contributed by atoms with Crippen molar-refractivity contribution in [3.63, 3.8) is 0 Å². The van der Waals surface area contributed by atoms with Gasteiger partial charge < -0.3 is 10.8 Å². The highest BCUT2D eigenvalue weighted by Crippen LogP contribution is 2.29. The van der Waals surface area contributed by atoms with Crippen molar-refractivity contribution >= 4 is 17.8 Å². The van der Waals surface area contributed by atoms with Crippen LogP contribution in [0.5, 0.6) is 5.75 Å². The zero-order chi connectivity index (χ0) is 14.9. The Hall–Kier alpha value is -2.69. The predicted molar refractivity (Wildman–Crippen MR) is 72.5 cm³/mol. The maximum Gasteiger partial charge on any atom is 0.199 e. The zero-order valence-corrected chi connectivity index (χ0v) is 10.7. The summed E-state index contributed by atoms with van der Waals surface area (Å²) in [7, 11) is 0. The summed E-state index contributed by atoms with van der Waals surface area (Å²) < 4.78 is 13.0. The minimum atomic E-state index is -0.620. The van der Waals surface area contributed by atoms with Gasteiger partial charge in [0.25, 0.3) is 0 Å². The molecule has 5 heteroatoms. The number of anilines is 1. The molecule has 0 unspecified atom stereocenters. The third-order valence-corrected chi connectivity index (χ3v) is 3.02. The third kappa shape index (κ3) is 2.25. The SMILES string of the molecule is Cc1ccc(C=O)c(C(=O)c2ccc(F)cc2N)c1O. The molecular formula is C15H12FNO3. The number of carbonyl (C=O) groups excluding carboxylic acids is 2. The van der Waals surface area contributed by atoms with Crippen LogP contribution in [0.3, 0.4) is 0 Å². The predicted octanol–water partition coefficient (Wildman–Crippen LogP) is 2.47. The Labute approximate surface area is 114 Å². The van der Waals surface area contributed by atoms with Crippen molar-refractivity contribution in [3.05, 3.63) is 58.4 Å². The van der Waals surface area contributed by atoms with Gasteiger partial charge in [0.15, 0.2) is 12.1 Å². The number of hydrogen-bond donors (Lipinski definition) is 2. The summed E-state index contributed by atoms with van der Waals surface area (Å²) in [5.74, 6) is -1.46. The number of aldehydes is 1. The van der Waals surface area contributed by atoms with E-state index in [1.165, 1.54) is 18.2 Å². The first-order chi connectivity index (χ1) is 9.45. The van der Waals surface area contributed by atoms with E-state index in [-0.39, 0.29) is 28.1 Å². The van der Waals surface area contributed by atoms with E-state index >= 15 is 0 Å². The molecule has 0 radical (unpaired) electrons. The van der Waals surface area contributed by atoms with Crippen molar-refractivity contribution < 1.29 is 19.1 Å². The zero-order valence-electron chi connectivity index (χ0n) is 10.7. The van der Waals surface area contributed by atoms with Gasteiger partial charge in [-0.1, -0.05) is 12.1 Å². The Morgan fingerprint density at radius 1 is 1.30 bits per heavy atom. The van der Waals surface area contributed by atoms with E-state index < -0.39 is 11.6 Å². The number of ketones is 1. The number of nitrogen functional groups attached to an aromatic ring is 1. The van der Waals surface area contributed by atoms with E-state index in [2.05, 4.69) is 0 Å². The number of hydrogen-bond acceptors (Lipinski definition) is 4. The molecule has 102 valence electrons. The maximum atomic E-state index is 13.0. The average molecular weight is 273 g/mol. The summed E-state index contributed by atoms with van der Waals surface area (Å²) in [4.78, 5) is 23.4. The number of benzene rings is 2. The Kier molecular flexibility index (Phi) is 3.52. The lowest BCUT2D eigenvalue weighted by Crippen LogP contribution is -2.09. The molecule has 0 fully saturated rings. The molecule has 3 N–H and O–H groups in total. The minimum Gasteiger partial charge on any atom is -0.507 e. The molecule has 0 atom stereocenters. The Morgan fingerprint density at radius 2 is 2.00 bits per heavy atom. The van der Waals surface area contributed by atoms with Gasteiger partial charge in [0.2, 0.25) is 0 Å². The first-order valence-corrected chi connectivity index (χ1v) is 5.83. The van der Waals surface area contributed by atoms with Crippen LogP contribution in [0.15, 0.2) is 30.3 Å². The van der Waals surface area contributed by atoms with Crippen LogP contribution in [0.1, 0.15) is 31.8 Å². The molecule has 0 aromatic heterocycles. The highest BCUT2D eigenvalue weighted by molar-refractivity contribution is 6.17. The number of carbonyl (C=O) groups is 2. The lowest BCUT2D eigenvalue weighted by atomic mass is 9.95. The number of aromatic hydroxyl groups is 1. The molecule has 0 aliphatic rings. The second-order valence-corrected chi connectivity index (χ2v) is 4.37. The van der Waals surface area contributed by atoms with Gasteiger partial charge in [-0.2, -0.15) is 0 Å². The molecule has 0 bridgehead atoms. The second-order valence-electron chi connectivity index (χ2n) is 4.37. The number of halogens is 1. The monoisotopic (exact) mass is 273 g/mol. The molecule has 0 saturated heterocycles. The van der Waals surface area contributed by atoms with Crippen LogP contribution in [0.2, 0.25) is 0 Å². The fourth-order valence-corrected chi connectivity index (χ4v) is 1.92. The molecule has 2 rings (SSSR count). The quantitative estimate of drug-likeness (QED) is 0.511. The van der Waals surface area contributed by atoms with Crippen molar-refractivity contribution in [2.24, 2.45) is 0 Å². The lowest BCUT2D eigenvalue weighted by molar-refractivity contribution is 0.102. The summed E-state index contributed by atoms with van der Waals surface area (Å²) in [6, 6.07) is 6.31. The van der Waals surface area contributed by atoms with Crippen LogP contribution in [-0.4, -0.2) is 17.2 Å². The molecule has 2 aromatic rings. The number of phenolic OH excluding ortho intramolecular Hbond substituents is 1. The summed E-state index contributed by atoms with van der Waals surface area (Å²) >= 11 is 0. The summed E-state index contributed by atoms with van der Waals surface area (Å²) in [5.41, 5.74) is 5.99. The Morgan fingerprint density at radius 3 is 2.60 bits per heavy atom. The Bertz CT molecular complexity index is 711. The number of nitrogens with two attached hydrogens (primary N) is 1. The maximum absolute atomic E-state index is 13.0. The topological polar surface area (TPSA) is 80.4 Å². The average Bonchev–Trinajstić information content (AvgIpc) is 2.41. The first-order valence-electron chi connectivity index (χ1n) is 5.83. The highest BCUT2D eigenvalue weighted by atomic mass is 19.1. The van der Waals surface area contributed by atoms with Crippen LogP contribution in [0, 0.1) is 12.7 Å². The molecule has 0 aliphatic heterocycles. The van der Waals surface area contributed by atoms with E-state index in [4.69, 9.17) is 5.73 Å².